The Labute approximate surface area is 148 Å². The maximum atomic E-state index is 12.6. The number of carbonyl (C=O) groups excluding carboxylic acids is 3. The molecule has 1 aromatic rings. The van der Waals surface area contributed by atoms with Crippen LogP contribution in [0.1, 0.15) is 32.1 Å². The third-order valence-electron chi connectivity index (χ3n) is 4.36. The average molecular weight is 427 g/mol. The van der Waals surface area contributed by atoms with E-state index in [-0.39, 0.29) is 18.4 Å². The van der Waals surface area contributed by atoms with Gasteiger partial charge in [-0.15, -0.1) is 0 Å². The average Bonchev–Trinajstić information content (AvgIpc) is 2.72. The molecule has 1 heterocycles. The molecule has 0 bridgehead atoms. The number of anilines is 1. The first kappa shape index (κ1) is 16.2. The molecule has 2 aliphatic rings. The lowest BCUT2D eigenvalue weighted by Gasteiger charge is -2.30. The highest BCUT2D eigenvalue weighted by Gasteiger charge is 2.51. The molecule has 1 saturated carbocycles. The van der Waals surface area contributed by atoms with Crippen LogP contribution in [0.5, 0.6) is 0 Å². The van der Waals surface area contributed by atoms with Gasteiger partial charge >= 0.3 is 6.03 Å². The van der Waals surface area contributed by atoms with Crippen LogP contribution in [-0.4, -0.2) is 34.8 Å². The van der Waals surface area contributed by atoms with Gasteiger partial charge in [0.25, 0.3) is 5.91 Å². The SMILES string of the molecule is O=C(CN1C(=O)NC2(CCCCC2)C1=O)Nc1cccc(I)c1. The Morgan fingerprint density at radius 3 is 2.70 bits per heavy atom. The number of urea groups is 1. The quantitative estimate of drug-likeness (QED) is 0.575. The highest BCUT2D eigenvalue weighted by atomic mass is 127. The van der Waals surface area contributed by atoms with Gasteiger partial charge in [0.05, 0.1) is 0 Å². The third-order valence-corrected chi connectivity index (χ3v) is 5.03. The standard InChI is InChI=1S/C16H18IN3O3/c17-11-5-4-6-12(9-11)18-13(21)10-20-14(22)16(19-15(20)23)7-2-1-3-8-16/h4-6,9H,1-3,7-8,10H2,(H,18,21)(H,19,23). The van der Waals surface area contributed by atoms with Crippen molar-refractivity contribution < 1.29 is 14.4 Å². The van der Waals surface area contributed by atoms with E-state index in [1.807, 2.05) is 18.2 Å². The summed E-state index contributed by atoms with van der Waals surface area (Å²) in [7, 11) is 0. The van der Waals surface area contributed by atoms with Crippen LogP contribution in [0.25, 0.3) is 0 Å². The van der Waals surface area contributed by atoms with Crippen molar-refractivity contribution in [2.75, 3.05) is 11.9 Å². The summed E-state index contributed by atoms with van der Waals surface area (Å²) in [5, 5.41) is 5.53. The van der Waals surface area contributed by atoms with E-state index in [9.17, 15) is 14.4 Å². The number of benzene rings is 1. The predicted octanol–water partition coefficient (Wildman–Crippen LogP) is 2.48. The van der Waals surface area contributed by atoms with Crippen LogP contribution in [0.3, 0.4) is 0 Å². The zero-order valence-electron chi connectivity index (χ0n) is 12.6. The molecule has 122 valence electrons. The highest BCUT2D eigenvalue weighted by molar-refractivity contribution is 14.1. The fourth-order valence-electron chi connectivity index (χ4n) is 3.22. The fraction of sp³-hybridized carbons (Fsp3) is 0.438. The maximum Gasteiger partial charge on any atom is 0.325 e. The predicted molar refractivity (Wildman–Crippen MR) is 93.8 cm³/mol. The van der Waals surface area contributed by atoms with Crippen molar-refractivity contribution in [2.45, 2.75) is 37.6 Å². The van der Waals surface area contributed by atoms with Gasteiger partial charge in [-0.1, -0.05) is 25.3 Å². The third kappa shape index (κ3) is 3.34. The van der Waals surface area contributed by atoms with Gasteiger partial charge in [0, 0.05) is 9.26 Å². The van der Waals surface area contributed by atoms with E-state index in [0.29, 0.717) is 18.5 Å². The topological polar surface area (TPSA) is 78.5 Å². The first-order chi connectivity index (χ1) is 11.0. The van der Waals surface area contributed by atoms with Gasteiger partial charge in [0.1, 0.15) is 12.1 Å². The Morgan fingerprint density at radius 2 is 2.00 bits per heavy atom. The van der Waals surface area contributed by atoms with Gasteiger partial charge in [0.15, 0.2) is 0 Å². The number of imide groups is 1. The van der Waals surface area contributed by atoms with Gasteiger partial charge in [-0.2, -0.15) is 0 Å². The van der Waals surface area contributed by atoms with Crippen LogP contribution >= 0.6 is 22.6 Å². The van der Waals surface area contributed by atoms with Crippen LogP contribution < -0.4 is 10.6 Å². The monoisotopic (exact) mass is 427 g/mol. The van der Waals surface area contributed by atoms with Crippen LogP contribution in [0, 0.1) is 3.57 Å². The number of carbonyl (C=O) groups is 3. The minimum absolute atomic E-state index is 0.252. The Kier molecular flexibility index (Phi) is 4.56. The summed E-state index contributed by atoms with van der Waals surface area (Å²) in [6.07, 6.45) is 4.25. The second-order valence-corrected chi connectivity index (χ2v) is 7.27. The van der Waals surface area contributed by atoms with Gasteiger partial charge in [-0.25, -0.2) is 4.79 Å². The van der Waals surface area contributed by atoms with Crippen LogP contribution in [0.15, 0.2) is 24.3 Å². The second-order valence-electron chi connectivity index (χ2n) is 6.02. The summed E-state index contributed by atoms with van der Waals surface area (Å²) in [6, 6.07) is 6.89. The summed E-state index contributed by atoms with van der Waals surface area (Å²) < 4.78 is 0.997. The summed E-state index contributed by atoms with van der Waals surface area (Å²) >= 11 is 2.15. The Hall–Kier alpha value is -1.64. The zero-order chi connectivity index (χ0) is 16.4. The van der Waals surface area contributed by atoms with E-state index >= 15 is 0 Å². The Morgan fingerprint density at radius 1 is 1.26 bits per heavy atom. The number of nitrogens with zero attached hydrogens (tertiary/aromatic N) is 1. The minimum atomic E-state index is -0.780. The highest BCUT2D eigenvalue weighted by Crippen LogP contribution is 2.33. The second kappa shape index (κ2) is 6.46. The first-order valence-electron chi connectivity index (χ1n) is 7.70. The molecular weight excluding hydrogens is 409 g/mol. The number of amides is 4. The lowest BCUT2D eigenvalue weighted by Crippen LogP contribution is -2.48. The first-order valence-corrected chi connectivity index (χ1v) is 8.78. The molecule has 2 N–H and O–H groups in total. The smallest absolute Gasteiger partial charge is 0.324 e. The summed E-state index contributed by atoms with van der Waals surface area (Å²) in [4.78, 5) is 37.9. The molecule has 23 heavy (non-hydrogen) atoms. The van der Waals surface area contributed by atoms with E-state index in [0.717, 1.165) is 27.7 Å². The lowest BCUT2D eigenvalue weighted by atomic mass is 9.82. The largest absolute Gasteiger partial charge is 0.325 e. The van der Waals surface area contributed by atoms with Gasteiger partial charge < -0.3 is 10.6 Å². The zero-order valence-corrected chi connectivity index (χ0v) is 14.8. The molecule has 1 aliphatic carbocycles. The van der Waals surface area contributed by atoms with Gasteiger partial charge in [-0.3, -0.25) is 14.5 Å². The molecule has 1 aromatic carbocycles. The summed E-state index contributed by atoms with van der Waals surface area (Å²) in [5.74, 6) is -0.636. The normalized spacial score (nSPS) is 19.8. The number of hydrogen-bond acceptors (Lipinski definition) is 3. The number of hydrogen-bond donors (Lipinski definition) is 2. The molecule has 0 atom stereocenters. The molecule has 1 aliphatic heterocycles. The van der Waals surface area contributed by atoms with E-state index in [1.165, 1.54) is 0 Å². The molecule has 2 fully saturated rings. The molecule has 4 amide bonds. The summed E-state index contributed by atoms with van der Waals surface area (Å²) in [5.41, 5.74) is -0.126. The summed E-state index contributed by atoms with van der Waals surface area (Å²) in [6.45, 7) is -0.252. The molecule has 6 nitrogen and oxygen atoms in total. The molecule has 0 unspecified atom stereocenters. The van der Waals surface area contributed by atoms with Crippen molar-refractivity contribution in [1.29, 1.82) is 0 Å². The molecule has 3 rings (SSSR count). The van der Waals surface area contributed by atoms with Gasteiger partial charge in [-0.05, 0) is 53.6 Å². The lowest BCUT2D eigenvalue weighted by molar-refractivity contribution is -0.134. The van der Waals surface area contributed by atoms with Crippen molar-refractivity contribution >= 4 is 46.1 Å². The van der Waals surface area contributed by atoms with Crippen molar-refractivity contribution in [2.24, 2.45) is 0 Å². The van der Waals surface area contributed by atoms with E-state index in [1.54, 1.807) is 6.07 Å². The molecule has 0 radical (unpaired) electrons. The number of rotatable bonds is 3. The molecule has 1 spiro atoms. The van der Waals surface area contributed by atoms with Crippen molar-refractivity contribution in [3.8, 4) is 0 Å². The maximum absolute atomic E-state index is 12.6. The van der Waals surface area contributed by atoms with Crippen molar-refractivity contribution in [3.63, 3.8) is 0 Å². The van der Waals surface area contributed by atoms with Crippen LogP contribution in [-0.2, 0) is 9.59 Å². The Bertz CT molecular complexity index is 656. The molecule has 7 heteroatoms. The molecule has 1 saturated heterocycles. The minimum Gasteiger partial charge on any atom is -0.324 e. The van der Waals surface area contributed by atoms with E-state index < -0.39 is 11.6 Å². The molecule has 0 aromatic heterocycles. The number of halogens is 1. The van der Waals surface area contributed by atoms with E-state index in [2.05, 4.69) is 33.2 Å². The van der Waals surface area contributed by atoms with E-state index in [4.69, 9.17) is 0 Å². The van der Waals surface area contributed by atoms with Crippen molar-refractivity contribution in [1.82, 2.24) is 10.2 Å². The van der Waals surface area contributed by atoms with Crippen LogP contribution in [0.2, 0.25) is 0 Å². The Balaban J connectivity index is 1.66. The van der Waals surface area contributed by atoms with Gasteiger partial charge in [0.2, 0.25) is 5.91 Å². The number of nitrogens with one attached hydrogen (secondary N) is 2. The van der Waals surface area contributed by atoms with Crippen LogP contribution in [0.4, 0.5) is 10.5 Å². The molecular formula is C16H18IN3O3. The van der Waals surface area contributed by atoms with Crippen molar-refractivity contribution in [3.05, 3.63) is 27.8 Å². The fourth-order valence-corrected chi connectivity index (χ4v) is 3.77.